The van der Waals surface area contributed by atoms with Crippen LogP contribution >= 0.6 is 0 Å². The average Bonchev–Trinajstić information content (AvgIpc) is 2.56. The summed E-state index contributed by atoms with van der Waals surface area (Å²) in [6.45, 7) is 0.684. The fourth-order valence-corrected chi connectivity index (χ4v) is 2.67. The van der Waals surface area contributed by atoms with E-state index in [2.05, 4.69) is 5.32 Å². The molecule has 0 aromatic heterocycles. The summed E-state index contributed by atoms with van der Waals surface area (Å²) in [6.07, 6.45) is 2.43. The van der Waals surface area contributed by atoms with Gasteiger partial charge >= 0.3 is 0 Å². The van der Waals surface area contributed by atoms with Crippen molar-refractivity contribution in [2.75, 3.05) is 16.8 Å². The topological polar surface area (TPSA) is 49.4 Å². The number of carbonyl (C=O) groups excluding carboxylic acids is 2. The van der Waals surface area contributed by atoms with Gasteiger partial charge in [-0.3, -0.25) is 9.59 Å². The smallest absolute Gasteiger partial charge is 0.258 e. The van der Waals surface area contributed by atoms with Crippen molar-refractivity contribution in [2.24, 2.45) is 0 Å². The van der Waals surface area contributed by atoms with Crippen molar-refractivity contribution < 1.29 is 14.0 Å². The number of piperidine rings is 1. The molecule has 0 unspecified atom stereocenters. The molecule has 23 heavy (non-hydrogen) atoms. The van der Waals surface area contributed by atoms with E-state index in [1.807, 2.05) is 6.07 Å². The molecule has 0 aliphatic carbocycles. The Morgan fingerprint density at radius 1 is 1.09 bits per heavy atom. The number of carbonyl (C=O) groups is 2. The molecule has 118 valence electrons. The SMILES string of the molecule is O=C(Nc1cccc(N2CCCCC2=O)c1)c1ccccc1F. The van der Waals surface area contributed by atoms with E-state index in [0.717, 1.165) is 18.5 Å². The second-order valence-electron chi connectivity index (χ2n) is 5.49. The van der Waals surface area contributed by atoms with Gasteiger partial charge in [0.05, 0.1) is 5.56 Å². The summed E-state index contributed by atoms with van der Waals surface area (Å²) in [5.74, 6) is -0.980. The number of anilines is 2. The number of hydrogen-bond acceptors (Lipinski definition) is 2. The Morgan fingerprint density at radius 2 is 1.91 bits per heavy atom. The van der Waals surface area contributed by atoms with Crippen molar-refractivity contribution in [3.05, 3.63) is 59.9 Å². The molecule has 1 N–H and O–H groups in total. The first kappa shape index (κ1) is 15.2. The lowest BCUT2D eigenvalue weighted by Gasteiger charge is -2.27. The maximum Gasteiger partial charge on any atom is 0.258 e. The molecule has 3 rings (SSSR count). The van der Waals surface area contributed by atoms with Crippen LogP contribution in [0.5, 0.6) is 0 Å². The largest absolute Gasteiger partial charge is 0.322 e. The predicted octanol–water partition coefficient (Wildman–Crippen LogP) is 3.59. The third-order valence-electron chi connectivity index (χ3n) is 3.86. The van der Waals surface area contributed by atoms with Crippen molar-refractivity contribution in [3.63, 3.8) is 0 Å². The first-order chi connectivity index (χ1) is 11.1. The van der Waals surface area contributed by atoms with E-state index in [0.29, 0.717) is 18.7 Å². The van der Waals surface area contributed by atoms with Crippen molar-refractivity contribution in [2.45, 2.75) is 19.3 Å². The fraction of sp³-hybridized carbons (Fsp3) is 0.222. The summed E-state index contributed by atoms with van der Waals surface area (Å²) in [5, 5.41) is 2.68. The molecule has 1 aliphatic heterocycles. The van der Waals surface area contributed by atoms with Gasteiger partial charge in [0.25, 0.3) is 5.91 Å². The van der Waals surface area contributed by atoms with E-state index in [4.69, 9.17) is 0 Å². The van der Waals surface area contributed by atoms with Gasteiger partial charge in [-0.2, -0.15) is 0 Å². The van der Waals surface area contributed by atoms with Crippen LogP contribution in [0.1, 0.15) is 29.6 Å². The van der Waals surface area contributed by atoms with Gasteiger partial charge in [0.2, 0.25) is 5.91 Å². The maximum absolute atomic E-state index is 13.7. The molecule has 2 aromatic rings. The molecule has 2 aromatic carbocycles. The zero-order chi connectivity index (χ0) is 16.2. The zero-order valence-electron chi connectivity index (χ0n) is 12.6. The number of nitrogens with zero attached hydrogens (tertiary/aromatic N) is 1. The summed E-state index contributed by atoms with van der Waals surface area (Å²) in [6, 6.07) is 12.9. The van der Waals surface area contributed by atoms with Gasteiger partial charge in [-0.1, -0.05) is 18.2 Å². The highest BCUT2D eigenvalue weighted by molar-refractivity contribution is 6.05. The van der Waals surface area contributed by atoms with Crippen molar-refractivity contribution in [1.82, 2.24) is 0 Å². The van der Waals surface area contributed by atoms with Crippen molar-refractivity contribution in [3.8, 4) is 0 Å². The molecule has 5 heteroatoms. The van der Waals surface area contributed by atoms with Crippen LogP contribution in [0, 0.1) is 5.82 Å². The molecule has 0 saturated carbocycles. The van der Waals surface area contributed by atoms with E-state index >= 15 is 0 Å². The minimum absolute atomic E-state index is 0.00745. The second kappa shape index (κ2) is 6.60. The molecule has 4 nitrogen and oxygen atoms in total. The standard InChI is InChI=1S/C18H17FN2O2/c19-16-9-2-1-8-15(16)18(23)20-13-6-5-7-14(12-13)21-11-4-3-10-17(21)22/h1-2,5-9,12H,3-4,10-11H2,(H,20,23). The lowest BCUT2D eigenvalue weighted by atomic mass is 10.1. The van der Waals surface area contributed by atoms with Gasteiger partial charge < -0.3 is 10.2 Å². The van der Waals surface area contributed by atoms with Crippen molar-refractivity contribution >= 4 is 23.2 Å². The first-order valence-electron chi connectivity index (χ1n) is 7.61. The van der Waals surface area contributed by atoms with E-state index in [-0.39, 0.29) is 11.5 Å². The minimum atomic E-state index is -0.563. The molecule has 0 spiro atoms. The molecule has 1 fully saturated rings. The number of hydrogen-bond donors (Lipinski definition) is 1. The molecule has 1 heterocycles. The number of amides is 2. The molecule has 0 radical (unpaired) electrons. The molecule has 1 aliphatic rings. The monoisotopic (exact) mass is 312 g/mol. The Morgan fingerprint density at radius 3 is 2.70 bits per heavy atom. The third-order valence-corrected chi connectivity index (χ3v) is 3.86. The first-order valence-corrected chi connectivity index (χ1v) is 7.61. The van der Waals surface area contributed by atoms with E-state index < -0.39 is 11.7 Å². The lowest BCUT2D eigenvalue weighted by Crippen LogP contribution is -2.35. The molecule has 2 amide bonds. The molecular weight excluding hydrogens is 295 g/mol. The van der Waals surface area contributed by atoms with E-state index in [9.17, 15) is 14.0 Å². The minimum Gasteiger partial charge on any atom is -0.322 e. The van der Waals surface area contributed by atoms with Gasteiger partial charge in [-0.15, -0.1) is 0 Å². The Labute approximate surface area is 133 Å². The third kappa shape index (κ3) is 3.39. The highest BCUT2D eigenvalue weighted by Crippen LogP contribution is 2.24. The quantitative estimate of drug-likeness (QED) is 0.941. The van der Waals surface area contributed by atoms with Crippen LogP contribution in [-0.2, 0) is 4.79 Å². The van der Waals surface area contributed by atoms with Gasteiger partial charge in [0, 0.05) is 24.3 Å². The molecular formula is C18H17FN2O2. The molecule has 1 saturated heterocycles. The number of nitrogens with one attached hydrogen (secondary N) is 1. The zero-order valence-corrected chi connectivity index (χ0v) is 12.6. The van der Waals surface area contributed by atoms with E-state index in [1.165, 1.54) is 18.2 Å². The van der Waals surface area contributed by atoms with Crippen LogP contribution in [0.15, 0.2) is 48.5 Å². The molecule has 0 bridgehead atoms. The molecule has 0 atom stereocenters. The van der Waals surface area contributed by atoms with Gasteiger partial charge in [0.15, 0.2) is 0 Å². The van der Waals surface area contributed by atoms with Crippen LogP contribution in [0.3, 0.4) is 0 Å². The number of rotatable bonds is 3. The number of halogens is 1. The summed E-state index contributed by atoms with van der Waals surface area (Å²) in [5.41, 5.74) is 1.28. The predicted molar refractivity (Wildman–Crippen MR) is 87.0 cm³/mol. The van der Waals surface area contributed by atoms with E-state index in [1.54, 1.807) is 29.2 Å². The summed E-state index contributed by atoms with van der Waals surface area (Å²) in [7, 11) is 0. The van der Waals surface area contributed by atoms with Crippen LogP contribution in [0.2, 0.25) is 0 Å². The van der Waals surface area contributed by atoms with Gasteiger partial charge in [-0.05, 0) is 43.2 Å². The van der Waals surface area contributed by atoms with Crippen LogP contribution in [-0.4, -0.2) is 18.4 Å². The fourth-order valence-electron chi connectivity index (χ4n) is 2.67. The van der Waals surface area contributed by atoms with Gasteiger partial charge in [0.1, 0.15) is 5.82 Å². The summed E-state index contributed by atoms with van der Waals surface area (Å²) >= 11 is 0. The van der Waals surface area contributed by atoms with Crippen LogP contribution in [0.4, 0.5) is 15.8 Å². The normalized spacial score (nSPS) is 14.7. The van der Waals surface area contributed by atoms with Gasteiger partial charge in [-0.25, -0.2) is 4.39 Å². The van der Waals surface area contributed by atoms with Crippen LogP contribution in [0.25, 0.3) is 0 Å². The Hall–Kier alpha value is -2.69. The lowest BCUT2D eigenvalue weighted by molar-refractivity contribution is -0.119. The van der Waals surface area contributed by atoms with Crippen LogP contribution < -0.4 is 10.2 Å². The average molecular weight is 312 g/mol. The highest BCUT2D eigenvalue weighted by Gasteiger charge is 2.20. The summed E-state index contributed by atoms with van der Waals surface area (Å²) in [4.78, 5) is 25.9. The highest BCUT2D eigenvalue weighted by atomic mass is 19.1. The maximum atomic E-state index is 13.7. The Bertz CT molecular complexity index is 745. The Balaban J connectivity index is 1.79. The van der Waals surface area contributed by atoms with Crippen molar-refractivity contribution in [1.29, 1.82) is 0 Å². The summed E-state index contributed by atoms with van der Waals surface area (Å²) < 4.78 is 13.7. The number of benzene rings is 2. The second-order valence-corrected chi connectivity index (χ2v) is 5.49. The Kier molecular flexibility index (Phi) is 4.37.